The summed E-state index contributed by atoms with van der Waals surface area (Å²) in [6, 6.07) is 0. The maximum atomic E-state index is 11.5. The van der Waals surface area contributed by atoms with Gasteiger partial charge in [0.25, 0.3) is 10.1 Å². The fourth-order valence-corrected chi connectivity index (χ4v) is 1.93. The zero-order chi connectivity index (χ0) is 15.1. The molecule has 2 atom stereocenters. The Balaban J connectivity index is 5.05. The summed E-state index contributed by atoms with van der Waals surface area (Å²) in [6.45, 7) is 9.33. The summed E-state index contributed by atoms with van der Waals surface area (Å²) in [5.74, 6) is -4.04. The number of esters is 2. The molecular weight excluding hydrogens is 276 g/mol. The predicted octanol–water partition coefficient (Wildman–Crippen LogP) is 0.151. The highest BCUT2D eigenvalue weighted by atomic mass is 32.2. The summed E-state index contributed by atoms with van der Waals surface area (Å²) in [6.07, 6.45) is 2.45. The van der Waals surface area contributed by atoms with Gasteiger partial charge in [0.15, 0.2) is 5.25 Å². The van der Waals surface area contributed by atoms with E-state index in [0.717, 1.165) is 0 Å². The quantitative estimate of drug-likeness (QED) is 0.385. The van der Waals surface area contributed by atoms with E-state index in [2.05, 4.69) is 29.6 Å². The van der Waals surface area contributed by atoms with E-state index in [4.69, 9.17) is 4.55 Å². The topological polar surface area (TPSA) is 107 Å². The van der Waals surface area contributed by atoms with Crippen LogP contribution in [-0.4, -0.2) is 43.4 Å². The van der Waals surface area contributed by atoms with Crippen molar-refractivity contribution in [2.45, 2.75) is 5.25 Å². The molecule has 19 heavy (non-hydrogen) atoms. The monoisotopic (exact) mass is 291 g/mol. The minimum absolute atomic E-state index is 0.176. The van der Waals surface area contributed by atoms with Gasteiger partial charge in [-0.1, -0.05) is 25.3 Å². The normalized spacial score (nSPS) is 14.0. The molecule has 0 heterocycles. The van der Waals surface area contributed by atoms with Gasteiger partial charge < -0.3 is 9.47 Å². The first kappa shape index (κ1) is 17.3. The number of hydrogen-bond acceptors (Lipinski definition) is 6. The molecule has 0 saturated carbocycles. The van der Waals surface area contributed by atoms with E-state index >= 15 is 0 Å². The number of hydrogen-bond donors (Lipinski definition) is 1. The second-order valence-corrected chi connectivity index (χ2v) is 4.92. The van der Waals surface area contributed by atoms with Crippen LogP contribution in [0, 0.1) is 12.8 Å². The molecule has 0 aliphatic heterocycles. The van der Waals surface area contributed by atoms with E-state index in [9.17, 15) is 18.0 Å². The van der Waals surface area contributed by atoms with Crippen molar-refractivity contribution in [3.05, 3.63) is 32.2 Å². The molecule has 0 rings (SSSR count). The summed E-state index contributed by atoms with van der Waals surface area (Å²) in [4.78, 5) is 22.9. The summed E-state index contributed by atoms with van der Waals surface area (Å²) < 4.78 is 40.3. The number of rotatable bonds is 8. The van der Waals surface area contributed by atoms with Crippen LogP contribution in [0.3, 0.4) is 0 Å². The molecule has 1 radical (unpaired) electrons. The molecule has 0 amide bonds. The molecule has 0 aliphatic carbocycles. The second kappa shape index (κ2) is 7.70. The van der Waals surface area contributed by atoms with Crippen molar-refractivity contribution in [2.75, 3.05) is 13.2 Å². The lowest BCUT2D eigenvalue weighted by atomic mass is 10.1. The molecule has 2 unspecified atom stereocenters. The largest absolute Gasteiger partial charge is 0.461 e. The van der Waals surface area contributed by atoms with Crippen molar-refractivity contribution >= 4 is 22.1 Å². The van der Waals surface area contributed by atoms with Gasteiger partial charge in [0.1, 0.15) is 13.2 Å². The van der Waals surface area contributed by atoms with E-state index in [1.54, 1.807) is 0 Å². The smallest absolute Gasteiger partial charge is 0.328 e. The molecule has 0 aromatic carbocycles. The zero-order valence-electron chi connectivity index (χ0n) is 10.1. The Morgan fingerprint density at radius 2 is 1.53 bits per heavy atom. The van der Waals surface area contributed by atoms with Crippen molar-refractivity contribution in [1.82, 2.24) is 0 Å². The minimum Gasteiger partial charge on any atom is -0.461 e. The molecular formula is C11H15O7S. The molecule has 7 nitrogen and oxygen atoms in total. The third-order valence-corrected chi connectivity index (χ3v) is 3.07. The van der Waals surface area contributed by atoms with Crippen LogP contribution in [-0.2, 0) is 29.2 Å². The Labute approximate surface area is 111 Å². The van der Waals surface area contributed by atoms with Crippen molar-refractivity contribution < 1.29 is 32.0 Å². The van der Waals surface area contributed by atoms with Crippen LogP contribution in [0.5, 0.6) is 0 Å². The zero-order valence-corrected chi connectivity index (χ0v) is 11.0. The fourth-order valence-electron chi connectivity index (χ4n) is 1.09. The molecule has 0 fully saturated rings. The SMILES string of the molecule is [CH2]C(C(=O)OCC=C)C(C(=O)OCC=C)S(=O)(=O)O. The highest BCUT2D eigenvalue weighted by Gasteiger charge is 2.42. The van der Waals surface area contributed by atoms with Crippen molar-refractivity contribution in [1.29, 1.82) is 0 Å². The van der Waals surface area contributed by atoms with Gasteiger partial charge in [-0.2, -0.15) is 8.42 Å². The van der Waals surface area contributed by atoms with Gasteiger partial charge in [0, 0.05) is 0 Å². The van der Waals surface area contributed by atoms with Crippen LogP contribution in [0.4, 0.5) is 0 Å². The maximum absolute atomic E-state index is 11.5. The first-order chi connectivity index (χ1) is 8.75. The summed E-state index contributed by atoms with van der Waals surface area (Å²) in [7, 11) is -4.86. The lowest BCUT2D eigenvalue weighted by Crippen LogP contribution is -2.41. The maximum Gasteiger partial charge on any atom is 0.328 e. The number of carbonyl (C=O) groups is 2. The van der Waals surface area contributed by atoms with Gasteiger partial charge in [0.2, 0.25) is 0 Å². The Kier molecular flexibility index (Phi) is 7.02. The molecule has 0 saturated heterocycles. The Morgan fingerprint density at radius 1 is 1.11 bits per heavy atom. The van der Waals surface area contributed by atoms with E-state index in [1.165, 1.54) is 12.2 Å². The van der Waals surface area contributed by atoms with Crippen LogP contribution in [0.15, 0.2) is 25.3 Å². The van der Waals surface area contributed by atoms with Crippen molar-refractivity contribution in [3.8, 4) is 0 Å². The molecule has 8 heteroatoms. The van der Waals surface area contributed by atoms with Crippen molar-refractivity contribution in [2.24, 2.45) is 5.92 Å². The van der Waals surface area contributed by atoms with Gasteiger partial charge in [-0.15, -0.1) is 0 Å². The molecule has 0 aliphatic rings. The van der Waals surface area contributed by atoms with Crippen LogP contribution in [0.1, 0.15) is 0 Å². The molecule has 0 aromatic rings. The molecule has 0 aromatic heterocycles. The lowest BCUT2D eigenvalue weighted by molar-refractivity contribution is -0.152. The van der Waals surface area contributed by atoms with Gasteiger partial charge in [-0.05, 0) is 6.92 Å². The summed E-state index contributed by atoms with van der Waals surface area (Å²) in [5, 5.41) is -2.15. The van der Waals surface area contributed by atoms with Gasteiger partial charge in [-0.3, -0.25) is 14.1 Å². The highest BCUT2D eigenvalue weighted by molar-refractivity contribution is 7.87. The third-order valence-electron chi connectivity index (χ3n) is 1.91. The predicted molar refractivity (Wildman–Crippen MR) is 66.5 cm³/mol. The average molecular weight is 291 g/mol. The standard InChI is InChI=1S/C11H15O7S/c1-4-6-17-10(12)8(3)9(19(14,15)16)11(13)18-7-5-2/h4-5,8-9H,1-3,6-7H2,(H,14,15,16). The molecule has 0 bridgehead atoms. The van der Waals surface area contributed by atoms with E-state index in [1.807, 2.05) is 0 Å². The van der Waals surface area contributed by atoms with Gasteiger partial charge in [-0.25, -0.2) is 0 Å². The average Bonchev–Trinajstić information content (AvgIpc) is 2.31. The molecule has 1 N–H and O–H groups in total. The molecule has 107 valence electrons. The summed E-state index contributed by atoms with van der Waals surface area (Å²) >= 11 is 0. The van der Waals surface area contributed by atoms with E-state index < -0.39 is 33.2 Å². The third kappa shape index (κ3) is 5.66. The van der Waals surface area contributed by atoms with Crippen LogP contribution >= 0.6 is 0 Å². The lowest BCUT2D eigenvalue weighted by Gasteiger charge is -2.18. The van der Waals surface area contributed by atoms with Crippen LogP contribution < -0.4 is 0 Å². The van der Waals surface area contributed by atoms with E-state index in [0.29, 0.717) is 0 Å². The Bertz CT molecular complexity index is 452. The number of carbonyl (C=O) groups excluding carboxylic acids is 2. The fraction of sp³-hybridized carbons (Fsp3) is 0.364. The van der Waals surface area contributed by atoms with Gasteiger partial charge >= 0.3 is 11.9 Å². The van der Waals surface area contributed by atoms with Crippen molar-refractivity contribution in [3.63, 3.8) is 0 Å². The summed E-state index contributed by atoms with van der Waals surface area (Å²) in [5.41, 5.74) is 0. The van der Waals surface area contributed by atoms with E-state index in [-0.39, 0.29) is 13.2 Å². The second-order valence-electron chi connectivity index (χ2n) is 3.38. The number of ether oxygens (including phenoxy) is 2. The Hall–Kier alpha value is -1.67. The minimum atomic E-state index is -4.86. The first-order valence-corrected chi connectivity index (χ1v) is 6.60. The van der Waals surface area contributed by atoms with Crippen LogP contribution in [0.2, 0.25) is 0 Å². The Morgan fingerprint density at radius 3 is 1.89 bits per heavy atom. The van der Waals surface area contributed by atoms with Gasteiger partial charge in [0.05, 0.1) is 5.92 Å². The highest BCUT2D eigenvalue weighted by Crippen LogP contribution is 2.15. The molecule has 0 spiro atoms. The first-order valence-electron chi connectivity index (χ1n) is 5.10. The van der Waals surface area contributed by atoms with Crippen LogP contribution in [0.25, 0.3) is 0 Å².